The third-order valence-electron chi connectivity index (χ3n) is 1.89. The Morgan fingerprint density at radius 3 is 2.14 bits per heavy atom. The normalized spacial score (nSPS) is 11.8. The molecule has 0 spiro atoms. The van der Waals surface area contributed by atoms with E-state index in [0.29, 0.717) is 9.21 Å². The summed E-state index contributed by atoms with van der Waals surface area (Å²) < 4.78 is 2.30. The Labute approximate surface area is 99.4 Å². The van der Waals surface area contributed by atoms with Crippen LogP contribution in [0.25, 0.3) is 0 Å². The van der Waals surface area contributed by atoms with Gasteiger partial charge in [-0.3, -0.25) is 0 Å². The first kappa shape index (κ1) is 11.8. The van der Waals surface area contributed by atoms with Crippen LogP contribution in [0.5, 0.6) is 0 Å². The van der Waals surface area contributed by atoms with Crippen molar-refractivity contribution < 1.29 is 9.90 Å². The fraction of sp³-hybridized carbons (Fsp3) is 0.444. The lowest BCUT2D eigenvalue weighted by Gasteiger charge is -2.17. The van der Waals surface area contributed by atoms with Gasteiger partial charge in [0.1, 0.15) is 0 Å². The summed E-state index contributed by atoms with van der Waals surface area (Å²) >= 11 is 6.50. The maximum absolute atomic E-state index is 10.9. The Balaban J connectivity index is 3.39. The van der Waals surface area contributed by atoms with Gasteiger partial charge in [-0.25, -0.2) is 9.36 Å². The minimum absolute atomic E-state index is 0.0813. The molecule has 0 aliphatic carbocycles. The van der Waals surface area contributed by atoms with Crippen molar-refractivity contribution in [3.05, 3.63) is 20.8 Å². The lowest BCUT2D eigenvalue weighted by molar-refractivity contribution is 0.195. The highest BCUT2D eigenvalue weighted by Gasteiger charge is 2.24. The third kappa shape index (κ3) is 2.03. The van der Waals surface area contributed by atoms with Gasteiger partial charge < -0.3 is 5.11 Å². The fourth-order valence-corrected chi connectivity index (χ4v) is 3.01. The highest BCUT2D eigenvalue weighted by molar-refractivity contribution is 9.11. The molecular formula is C9H11Br2NO2. The van der Waals surface area contributed by atoms with Crippen molar-refractivity contribution in [3.63, 3.8) is 0 Å². The number of hydrogen-bond acceptors (Lipinski definition) is 1. The van der Waals surface area contributed by atoms with Crippen LogP contribution in [0.1, 0.15) is 26.3 Å². The average Bonchev–Trinajstić information content (AvgIpc) is 2.24. The van der Waals surface area contributed by atoms with Crippen LogP contribution in [-0.2, 0) is 5.41 Å². The van der Waals surface area contributed by atoms with Gasteiger partial charge in [-0.15, -0.1) is 0 Å². The molecule has 0 radical (unpaired) electrons. The van der Waals surface area contributed by atoms with Crippen LogP contribution in [-0.4, -0.2) is 15.8 Å². The number of carbonyl (C=O) groups is 1. The predicted molar refractivity (Wildman–Crippen MR) is 62.0 cm³/mol. The summed E-state index contributed by atoms with van der Waals surface area (Å²) in [5.41, 5.74) is 0.883. The number of hydrogen-bond donors (Lipinski definition) is 1. The molecule has 0 aliphatic heterocycles. The van der Waals surface area contributed by atoms with Crippen LogP contribution in [0.4, 0.5) is 4.79 Å². The highest BCUT2D eigenvalue weighted by atomic mass is 79.9. The highest BCUT2D eigenvalue weighted by Crippen LogP contribution is 2.34. The number of aromatic nitrogens is 1. The molecule has 0 bridgehead atoms. The Morgan fingerprint density at radius 1 is 1.43 bits per heavy atom. The quantitative estimate of drug-likeness (QED) is 0.788. The van der Waals surface area contributed by atoms with E-state index in [0.717, 1.165) is 5.56 Å². The Hall–Kier alpha value is -0.290. The molecule has 5 heteroatoms. The van der Waals surface area contributed by atoms with Crippen molar-refractivity contribution in [2.45, 2.75) is 26.2 Å². The summed E-state index contributed by atoms with van der Waals surface area (Å²) in [7, 11) is 0. The first-order valence-electron chi connectivity index (χ1n) is 4.05. The molecule has 14 heavy (non-hydrogen) atoms. The topological polar surface area (TPSA) is 42.2 Å². The molecule has 0 saturated carbocycles. The van der Waals surface area contributed by atoms with Crippen molar-refractivity contribution in [1.29, 1.82) is 0 Å². The number of carboxylic acid groups (broad SMARTS) is 1. The van der Waals surface area contributed by atoms with E-state index in [1.165, 1.54) is 4.57 Å². The van der Waals surface area contributed by atoms with Crippen LogP contribution in [0.2, 0.25) is 0 Å². The maximum Gasteiger partial charge on any atom is 0.417 e. The van der Waals surface area contributed by atoms with Crippen LogP contribution < -0.4 is 0 Å². The van der Waals surface area contributed by atoms with Gasteiger partial charge in [-0.05, 0) is 48.9 Å². The van der Waals surface area contributed by atoms with E-state index in [1.54, 1.807) is 0 Å². The van der Waals surface area contributed by atoms with Crippen molar-refractivity contribution in [2.24, 2.45) is 0 Å². The molecule has 0 aromatic carbocycles. The molecule has 1 rings (SSSR count). The Kier molecular flexibility index (Phi) is 3.11. The van der Waals surface area contributed by atoms with Crippen molar-refractivity contribution in [3.8, 4) is 0 Å². The van der Waals surface area contributed by atoms with E-state index in [1.807, 2.05) is 26.8 Å². The zero-order chi connectivity index (χ0) is 11.1. The standard InChI is InChI=1S/C9H11Br2NO2/c1-9(2,3)5-4-6(10)12(7(5)11)8(13)14/h4H,1-3H3,(H,13,14). The van der Waals surface area contributed by atoms with Gasteiger partial charge >= 0.3 is 6.09 Å². The molecule has 3 nitrogen and oxygen atoms in total. The molecule has 0 fully saturated rings. The molecule has 78 valence electrons. The summed E-state index contributed by atoms with van der Waals surface area (Å²) in [4.78, 5) is 10.9. The predicted octanol–water partition coefficient (Wildman–Crippen LogP) is 3.84. The van der Waals surface area contributed by atoms with Crippen LogP contribution >= 0.6 is 31.9 Å². The number of nitrogens with zero attached hydrogens (tertiary/aromatic N) is 1. The molecule has 0 unspecified atom stereocenters. The largest absolute Gasteiger partial charge is 0.464 e. The number of rotatable bonds is 0. The molecule has 0 saturated heterocycles. The second-order valence-corrected chi connectivity index (χ2v) is 5.60. The SMILES string of the molecule is CC(C)(C)c1cc(Br)n(C(=O)O)c1Br. The summed E-state index contributed by atoms with van der Waals surface area (Å²) in [6.07, 6.45) is -1.00. The Morgan fingerprint density at radius 2 is 1.93 bits per heavy atom. The van der Waals surface area contributed by atoms with Gasteiger partial charge in [-0.2, -0.15) is 0 Å². The first-order valence-corrected chi connectivity index (χ1v) is 5.64. The second-order valence-electron chi connectivity index (χ2n) is 4.04. The zero-order valence-corrected chi connectivity index (χ0v) is 11.3. The van der Waals surface area contributed by atoms with Gasteiger partial charge in [0.2, 0.25) is 0 Å². The number of halogens is 2. The molecule has 1 aromatic rings. The average molecular weight is 325 g/mol. The molecule has 0 aliphatic rings. The zero-order valence-electron chi connectivity index (χ0n) is 8.14. The summed E-state index contributed by atoms with van der Waals surface area (Å²) in [6.45, 7) is 6.10. The molecule has 0 atom stereocenters. The molecule has 1 heterocycles. The van der Waals surface area contributed by atoms with Gasteiger partial charge in [-0.1, -0.05) is 20.8 Å². The lowest BCUT2D eigenvalue weighted by Crippen LogP contribution is -2.13. The summed E-state index contributed by atoms with van der Waals surface area (Å²) in [5.74, 6) is 0. The van der Waals surface area contributed by atoms with E-state index >= 15 is 0 Å². The van der Waals surface area contributed by atoms with Gasteiger partial charge in [0, 0.05) is 0 Å². The second kappa shape index (κ2) is 3.70. The van der Waals surface area contributed by atoms with E-state index < -0.39 is 6.09 Å². The van der Waals surface area contributed by atoms with E-state index in [-0.39, 0.29) is 5.41 Å². The summed E-state index contributed by atoms with van der Waals surface area (Å²) in [6, 6.07) is 1.82. The van der Waals surface area contributed by atoms with Gasteiger partial charge in [0.05, 0.1) is 9.21 Å². The van der Waals surface area contributed by atoms with Crippen LogP contribution in [0.3, 0.4) is 0 Å². The van der Waals surface area contributed by atoms with E-state index in [2.05, 4.69) is 31.9 Å². The maximum atomic E-state index is 10.9. The minimum atomic E-state index is -1.00. The first-order chi connectivity index (χ1) is 6.25. The minimum Gasteiger partial charge on any atom is -0.464 e. The van der Waals surface area contributed by atoms with Gasteiger partial charge in [0.25, 0.3) is 0 Å². The van der Waals surface area contributed by atoms with E-state index in [9.17, 15) is 4.79 Å². The van der Waals surface area contributed by atoms with E-state index in [4.69, 9.17) is 5.11 Å². The van der Waals surface area contributed by atoms with Crippen molar-refractivity contribution >= 4 is 38.0 Å². The fourth-order valence-electron chi connectivity index (χ4n) is 1.16. The lowest BCUT2D eigenvalue weighted by atomic mass is 9.89. The smallest absolute Gasteiger partial charge is 0.417 e. The van der Waals surface area contributed by atoms with Gasteiger partial charge in [0.15, 0.2) is 0 Å². The molecular weight excluding hydrogens is 314 g/mol. The molecule has 1 N–H and O–H groups in total. The third-order valence-corrected chi connectivity index (χ3v) is 3.26. The Bertz CT molecular complexity index is 377. The van der Waals surface area contributed by atoms with Crippen molar-refractivity contribution in [1.82, 2.24) is 4.57 Å². The monoisotopic (exact) mass is 323 g/mol. The molecule has 0 amide bonds. The molecule has 1 aromatic heterocycles. The van der Waals surface area contributed by atoms with Crippen LogP contribution in [0.15, 0.2) is 15.3 Å². The summed E-state index contributed by atoms with van der Waals surface area (Å²) in [5, 5.41) is 8.93. The van der Waals surface area contributed by atoms with Crippen LogP contribution in [0, 0.1) is 0 Å². The van der Waals surface area contributed by atoms with Crippen molar-refractivity contribution in [2.75, 3.05) is 0 Å².